The summed E-state index contributed by atoms with van der Waals surface area (Å²) in [5.41, 5.74) is 0. The maximum atomic E-state index is 0. The summed E-state index contributed by atoms with van der Waals surface area (Å²) in [6, 6.07) is 0. The molecule has 0 unspecified atom stereocenters. The topological polar surface area (TPSA) is 0 Å². The second-order valence-electron chi connectivity index (χ2n) is 0. The number of rotatable bonds is 0. The van der Waals surface area contributed by atoms with Crippen molar-refractivity contribution in [1.29, 1.82) is 0 Å². The first kappa shape index (κ1) is 36.5. The number of hydrogen-bond acceptors (Lipinski definition) is 0. The molecule has 0 aromatic heterocycles. The molecule has 0 amide bonds. The summed E-state index contributed by atoms with van der Waals surface area (Å²) in [7, 11) is 0. The van der Waals surface area contributed by atoms with Crippen LogP contribution < -0.4 is 0 Å². The Labute approximate surface area is 67.5 Å². The van der Waals surface area contributed by atoms with Crippen molar-refractivity contribution < 1.29 is 68.0 Å². The van der Waals surface area contributed by atoms with Gasteiger partial charge < -0.3 is 0 Å². The second kappa shape index (κ2) is 19.6. The first-order chi connectivity index (χ1) is 0. The van der Waals surface area contributed by atoms with Crippen LogP contribution in [0.5, 0.6) is 0 Å². The van der Waals surface area contributed by atoms with Gasteiger partial charge in [0.2, 0.25) is 0 Å². The number of hydrogen-bond donors (Lipinski definition) is 0. The standard InChI is InChI=1S/Cr.2Cu.Ni. The fourth-order valence-electron chi connectivity index (χ4n) is 0. The van der Waals surface area contributed by atoms with E-state index in [1.807, 2.05) is 0 Å². The van der Waals surface area contributed by atoms with E-state index >= 15 is 0 Å². The van der Waals surface area contributed by atoms with Gasteiger partial charge in [0.25, 0.3) is 0 Å². The monoisotopic (exact) mass is 236 g/mol. The third-order valence-electron chi connectivity index (χ3n) is 0. The van der Waals surface area contributed by atoms with E-state index in [0.29, 0.717) is 0 Å². The summed E-state index contributed by atoms with van der Waals surface area (Å²) in [5.74, 6) is 0. The smallest absolute Gasteiger partial charge is 0 e. The van der Waals surface area contributed by atoms with Gasteiger partial charge in [0.05, 0.1) is 0 Å². The molecule has 0 saturated heterocycles. The maximum absolute atomic E-state index is 0. The predicted molar refractivity (Wildman–Crippen MR) is 0 cm³/mol. The molecule has 0 rings (SSSR count). The van der Waals surface area contributed by atoms with Crippen LogP contribution in [0.25, 0.3) is 0 Å². The summed E-state index contributed by atoms with van der Waals surface area (Å²) in [5, 5.41) is 0. The van der Waals surface area contributed by atoms with E-state index in [-0.39, 0.29) is 68.0 Å². The fourth-order valence-corrected chi connectivity index (χ4v) is 0. The van der Waals surface area contributed by atoms with E-state index in [1.54, 1.807) is 0 Å². The van der Waals surface area contributed by atoms with E-state index < -0.39 is 0 Å². The van der Waals surface area contributed by atoms with Gasteiger partial charge in [-0.2, -0.15) is 0 Å². The average Bonchev–Trinajstić information content (AvgIpc) is 0. The van der Waals surface area contributed by atoms with Gasteiger partial charge in [0.15, 0.2) is 0 Å². The fraction of sp³-hybridized carbons (Fsp3) is 0. The molecule has 0 fully saturated rings. The first-order valence-corrected chi connectivity index (χ1v) is 0. The van der Waals surface area contributed by atoms with Gasteiger partial charge in [-0.1, -0.05) is 0 Å². The van der Waals surface area contributed by atoms with Gasteiger partial charge in [-0.05, 0) is 0 Å². The first-order valence-electron chi connectivity index (χ1n) is 0. The van der Waals surface area contributed by atoms with Gasteiger partial charge in [-0.15, -0.1) is 0 Å². The zero-order valence-electron chi connectivity index (χ0n) is 1.33. The zero-order valence-corrected chi connectivity index (χ0v) is 5.47. The van der Waals surface area contributed by atoms with Crippen LogP contribution >= 0.6 is 0 Å². The van der Waals surface area contributed by atoms with Crippen LogP contribution in [0, 0.1) is 0 Å². The van der Waals surface area contributed by atoms with Gasteiger partial charge in [-0.25, -0.2) is 0 Å². The molecular formula is CrCu2Ni. The molecule has 2 radical (unpaired) electrons. The summed E-state index contributed by atoms with van der Waals surface area (Å²) in [6.45, 7) is 0. The van der Waals surface area contributed by atoms with Crippen molar-refractivity contribution in [3.63, 3.8) is 0 Å². The molecule has 0 N–H and O–H groups in total. The van der Waals surface area contributed by atoms with Crippen LogP contribution in [0.15, 0.2) is 0 Å². The molecule has 0 nitrogen and oxygen atoms in total. The quantitative estimate of drug-likeness (QED) is 0.520. The van der Waals surface area contributed by atoms with Gasteiger partial charge in [0.1, 0.15) is 0 Å². The van der Waals surface area contributed by atoms with Crippen LogP contribution in [-0.4, -0.2) is 0 Å². The molecule has 4 heteroatoms. The summed E-state index contributed by atoms with van der Waals surface area (Å²) in [4.78, 5) is 0. The zero-order chi connectivity index (χ0) is 0. The third kappa shape index (κ3) is 8.96. The Morgan fingerprint density at radius 3 is 0.750 bits per heavy atom. The molecule has 4 heavy (non-hydrogen) atoms. The summed E-state index contributed by atoms with van der Waals surface area (Å²) in [6.07, 6.45) is 0. The molecule has 38 valence electrons. The molecule has 0 aliphatic rings. The van der Waals surface area contributed by atoms with E-state index in [2.05, 4.69) is 0 Å². The summed E-state index contributed by atoms with van der Waals surface area (Å²) < 4.78 is 0. The third-order valence-corrected chi connectivity index (χ3v) is 0. The van der Waals surface area contributed by atoms with Crippen molar-refractivity contribution >= 4 is 0 Å². The van der Waals surface area contributed by atoms with E-state index in [0.717, 1.165) is 0 Å². The molecule has 0 saturated carbocycles. The van der Waals surface area contributed by atoms with Crippen molar-refractivity contribution in [3.8, 4) is 0 Å². The van der Waals surface area contributed by atoms with Crippen LogP contribution in [0.4, 0.5) is 0 Å². The van der Waals surface area contributed by atoms with Gasteiger partial charge in [-0.3, -0.25) is 0 Å². The molecule has 0 aliphatic carbocycles. The molecule has 0 bridgehead atoms. The Morgan fingerprint density at radius 2 is 0.750 bits per heavy atom. The van der Waals surface area contributed by atoms with E-state index in [1.165, 1.54) is 0 Å². The molecule has 0 spiro atoms. The average molecular weight is 238 g/mol. The van der Waals surface area contributed by atoms with E-state index in [4.69, 9.17) is 0 Å². The minimum Gasteiger partial charge on any atom is 0 e. The Kier molecular flexibility index (Phi) is 179. The van der Waals surface area contributed by atoms with Crippen molar-refractivity contribution in [1.82, 2.24) is 0 Å². The molecule has 0 atom stereocenters. The maximum Gasteiger partial charge on any atom is 0 e. The minimum atomic E-state index is 0. The van der Waals surface area contributed by atoms with Crippen molar-refractivity contribution in [2.45, 2.75) is 0 Å². The summed E-state index contributed by atoms with van der Waals surface area (Å²) >= 11 is 0. The van der Waals surface area contributed by atoms with Crippen molar-refractivity contribution in [3.05, 3.63) is 0 Å². The minimum absolute atomic E-state index is 0. The van der Waals surface area contributed by atoms with E-state index in [9.17, 15) is 0 Å². The molecule has 0 aromatic rings. The van der Waals surface area contributed by atoms with Gasteiger partial charge >= 0.3 is 0 Å². The van der Waals surface area contributed by atoms with Crippen LogP contribution in [-0.2, 0) is 68.0 Å². The molecule has 0 aromatic carbocycles. The van der Waals surface area contributed by atoms with Crippen molar-refractivity contribution in [2.24, 2.45) is 0 Å². The second-order valence-corrected chi connectivity index (χ2v) is 0. The Hall–Kier alpha value is 2.06. The largest absolute Gasteiger partial charge is 0 e. The molecule has 0 aliphatic heterocycles. The predicted octanol–water partition coefficient (Wildman–Crippen LogP) is -0.0100. The van der Waals surface area contributed by atoms with Crippen molar-refractivity contribution in [2.75, 3.05) is 0 Å². The van der Waals surface area contributed by atoms with Crippen LogP contribution in [0.3, 0.4) is 0 Å². The SMILES string of the molecule is [Cr].[Cu].[Cu].[Ni]. The molecular weight excluding hydrogens is 238 g/mol. The normalized spacial score (nSPS) is 0. The van der Waals surface area contributed by atoms with Crippen LogP contribution in [0.2, 0.25) is 0 Å². The Balaban J connectivity index is 0. The Bertz CT molecular complexity index is 6.00. The van der Waals surface area contributed by atoms with Crippen LogP contribution in [0.1, 0.15) is 0 Å². The van der Waals surface area contributed by atoms with Gasteiger partial charge in [0, 0.05) is 68.0 Å². The Morgan fingerprint density at radius 1 is 0.750 bits per heavy atom. The molecule has 0 heterocycles.